The Morgan fingerprint density at radius 1 is 0.894 bits per heavy atom. The maximum Gasteiger partial charge on any atom is 0.221 e. The normalized spacial score (nSPS) is 32.0. The SMILES string of the molecule is CC[C@H]1CC(NC(=O)CCN)C2(C)C([C@H](C)CCCN(C)CN)CC[C@H]2C1[C@@H](CC1CCCC(NC(=O)CCN)C1)NC(=O)CCN. The summed E-state index contributed by atoms with van der Waals surface area (Å²) in [6, 6.07) is 0.260. The van der Waals surface area contributed by atoms with Crippen molar-refractivity contribution in [3.63, 3.8) is 0 Å². The van der Waals surface area contributed by atoms with Gasteiger partial charge in [-0.25, -0.2) is 0 Å². The zero-order valence-corrected chi connectivity index (χ0v) is 30.1. The molecule has 0 radical (unpaired) electrons. The summed E-state index contributed by atoms with van der Waals surface area (Å²) in [4.78, 5) is 41.0. The van der Waals surface area contributed by atoms with Gasteiger partial charge in [-0.15, -0.1) is 0 Å². The first-order valence-corrected chi connectivity index (χ1v) is 18.9. The quantitative estimate of drug-likeness (QED) is 0.102. The van der Waals surface area contributed by atoms with Gasteiger partial charge in [0.05, 0.1) is 0 Å². The lowest BCUT2D eigenvalue weighted by Gasteiger charge is -2.56. The van der Waals surface area contributed by atoms with Gasteiger partial charge in [0.1, 0.15) is 0 Å². The number of nitrogens with zero attached hydrogens (tertiary/aromatic N) is 1. The third-order valence-electron chi connectivity index (χ3n) is 12.4. The van der Waals surface area contributed by atoms with E-state index >= 15 is 0 Å². The maximum absolute atomic E-state index is 13.3. The molecule has 11 N–H and O–H groups in total. The molecular weight excluding hydrogens is 592 g/mol. The average Bonchev–Trinajstić information content (AvgIpc) is 3.39. The van der Waals surface area contributed by atoms with Crippen LogP contribution in [0.4, 0.5) is 0 Å². The highest BCUT2D eigenvalue weighted by molar-refractivity contribution is 5.77. The Morgan fingerprint density at radius 3 is 2.19 bits per heavy atom. The second-order valence-electron chi connectivity index (χ2n) is 15.5. The summed E-state index contributed by atoms with van der Waals surface area (Å²) < 4.78 is 0. The Balaban J connectivity index is 1.93. The highest BCUT2D eigenvalue weighted by Crippen LogP contribution is 2.62. The minimum Gasteiger partial charge on any atom is -0.353 e. The standard InChI is InChI=1S/C36H70N8O3/c1-5-26-22-31(43-34(47)15-18-39)36(3)28(24(2)8-7-19-44(4)23-40)11-12-29(36)35(26)30(42-33(46)14-17-38)21-25-9-6-10-27(20-25)41-32(45)13-16-37/h24-31,35H,5-23,37-40H2,1-4H3,(H,41,45)(H,42,46)(H,43,47)/t24-,25?,26+,27?,28?,29+,30-,31?,35?,36?/m1/s1. The molecule has 0 aliphatic heterocycles. The van der Waals surface area contributed by atoms with Gasteiger partial charge < -0.3 is 38.9 Å². The summed E-state index contributed by atoms with van der Waals surface area (Å²) in [7, 11) is 2.07. The highest BCUT2D eigenvalue weighted by atomic mass is 16.2. The number of hydrogen-bond acceptors (Lipinski definition) is 8. The van der Waals surface area contributed by atoms with Crippen molar-refractivity contribution in [1.29, 1.82) is 0 Å². The fraction of sp³-hybridized carbons (Fsp3) is 0.917. The van der Waals surface area contributed by atoms with Crippen molar-refractivity contribution in [2.24, 2.45) is 63.9 Å². The fourth-order valence-corrected chi connectivity index (χ4v) is 10.1. The van der Waals surface area contributed by atoms with E-state index in [9.17, 15) is 14.4 Å². The van der Waals surface area contributed by atoms with Crippen LogP contribution in [0.25, 0.3) is 0 Å². The third kappa shape index (κ3) is 10.6. The Bertz CT molecular complexity index is 984. The molecule has 0 aromatic carbocycles. The van der Waals surface area contributed by atoms with E-state index in [4.69, 9.17) is 22.9 Å². The minimum absolute atomic E-state index is 0.0276. The van der Waals surface area contributed by atoms with Gasteiger partial charge in [-0.1, -0.05) is 40.0 Å². The molecular formula is C36H70N8O3. The smallest absolute Gasteiger partial charge is 0.221 e. The van der Waals surface area contributed by atoms with Crippen molar-refractivity contribution in [2.75, 3.05) is 39.9 Å². The number of carbonyl (C=O) groups is 3. The second kappa shape index (κ2) is 19.4. The molecule has 3 rings (SSSR count). The minimum atomic E-state index is -0.0953. The van der Waals surface area contributed by atoms with Gasteiger partial charge in [0, 0.05) is 63.7 Å². The van der Waals surface area contributed by atoms with E-state index < -0.39 is 0 Å². The third-order valence-corrected chi connectivity index (χ3v) is 12.4. The molecule has 3 aliphatic carbocycles. The fourth-order valence-electron chi connectivity index (χ4n) is 10.1. The lowest BCUT2D eigenvalue weighted by Crippen LogP contribution is -2.62. The summed E-state index contributed by atoms with van der Waals surface area (Å²) in [5.41, 5.74) is 23.1. The van der Waals surface area contributed by atoms with E-state index in [-0.39, 0.29) is 41.3 Å². The lowest BCUT2D eigenvalue weighted by molar-refractivity contribution is -0.127. The molecule has 6 unspecified atom stereocenters. The van der Waals surface area contributed by atoms with Crippen LogP contribution in [0.15, 0.2) is 0 Å². The van der Waals surface area contributed by atoms with Crippen LogP contribution < -0.4 is 38.9 Å². The van der Waals surface area contributed by atoms with Gasteiger partial charge in [0.25, 0.3) is 0 Å². The second-order valence-corrected chi connectivity index (χ2v) is 15.5. The van der Waals surface area contributed by atoms with Crippen LogP contribution in [-0.4, -0.2) is 80.6 Å². The van der Waals surface area contributed by atoms with Gasteiger partial charge in [-0.3, -0.25) is 19.3 Å². The first kappa shape index (κ1) is 39.6. The summed E-state index contributed by atoms with van der Waals surface area (Å²) in [6.45, 7) is 9.70. The molecule has 0 aromatic heterocycles. The molecule has 272 valence electrons. The zero-order chi connectivity index (χ0) is 34.6. The molecule has 0 spiro atoms. The van der Waals surface area contributed by atoms with E-state index in [2.05, 4.69) is 48.7 Å². The maximum atomic E-state index is 13.3. The number of amides is 3. The van der Waals surface area contributed by atoms with Gasteiger partial charge in [0.2, 0.25) is 17.7 Å². The zero-order valence-electron chi connectivity index (χ0n) is 30.1. The van der Waals surface area contributed by atoms with Crippen LogP contribution in [0.2, 0.25) is 0 Å². The van der Waals surface area contributed by atoms with E-state index in [1.54, 1.807) is 0 Å². The Kier molecular flexibility index (Phi) is 16.4. The molecule has 0 bridgehead atoms. The number of carbonyl (C=O) groups excluding carboxylic acids is 3. The number of fused-ring (bicyclic) bond motifs is 1. The Morgan fingerprint density at radius 2 is 1.55 bits per heavy atom. The van der Waals surface area contributed by atoms with Crippen LogP contribution in [0.1, 0.15) is 111 Å². The van der Waals surface area contributed by atoms with Crippen molar-refractivity contribution < 1.29 is 14.4 Å². The number of hydrogen-bond donors (Lipinski definition) is 7. The average molecular weight is 663 g/mol. The van der Waals surface area contributed by atoms with E-state index in [1.165, 1.54) is 0 Å². The van der Waals surface area contributed by atoms with Gasteiger partial charge in [0.15, 0.2) is 0 Å². The topological polar surface area (TPSA) is 195 Å². The molecule has 3 amide bonds. The van der Waals surface area contributed by atoms with Crippen LogP contribution in [0, 0.1) is 40.9 Å². The summed E-state index contributed by atoms with van der Waals surface area (Å²) >= 11 is 0. The number of rotatable bonds is 19. The van der Waals surface area contributed by atoms with Gasteiger partial charge in [-0.05, 0) is 106 Å². The summed E-state index contributed by atoms with van der Waals surface area (Å²) in [5, 5.41) is 10.3. The molecule has 10 atom stereocenters. The van der Waals surface area contributed by atoms with Crippen LogP contribution in [0.3, 0.4) is 0 Å². The van der Waals surface area contributed by atoms with Crippen molar-refractivity contribution >= 4 is 17.7 Å². The molecule has 3 fully saturated rings. The summed E-state index contributed by atoms with van der Waals surface area (Å²) in [6.07, 6.45) is 12.4. The molecule has 3 aliphatic rings. The van der Waals surface area contributed by atoms with Gasteiger partial charge in [-0.2, -0.15) is 0 Å². The number of nitrogens with one attached hydrogen (secondary N) is 3. The molecule has 11 nitrogen and oxygen atoms in total. The largest absolute Gasteiger partial charge is 0.353 e. The van der Waals surface area contributed by atoms with E-state index in [1.807, 2.05) is 0 Å². The Hall–Kier alpha value is -1.79. The predicted octanol–water partition coefficient (Wildman–Crippen LogP) is 2.41. The lowest BCUT2D eigenvalue weighted by atomic mass is 9.51. The van der Waals surface area contributed by atoms with Crippen molar-refractivity contribution in [2.45, 2.75) is 129 Å². The van der Waals surface area contributed by atoms with Crippen molar-refractivity contribution in [3.05, 3.63) is 0 Å². The molecule has 0 aromatic rings. The highest BCUT2D eigenvalue weighted by Gasteiger charge is 2.60. The Labute approximate surface area is 285 Å². The van der Waals surface area contributed by atoms with Crippen LogP contribution >= 0.6 is 0 Å². The van der Waals surface area contributed by atoms with Crippen molar-refractivity contribution in [3.8, 4) is 0 Å². The first-order valence-electron chi connectivity index (χ1n) is 18.9. The molecule has 3 saturated carbocycles. The molecule has 47 heavy (non-hydrogen) atoms. The van der Waals surface area contributed by atoms with E-state index in [0.717, 1.165) is 77.2 Å². The first-order chi connectivity index (χ1) is 22.5. The van der Waals surface area contributed by atoms with Gasteiger partial charge >= 0.3 is 0 Å². The van der Waals surface area contributed by atoms with Crippen LogP contribution in [-0.2, 0) is 14.4 Å². The number of nitrogens with two attached hydrogens (primary N) is 4. The summed E-state index contributed by atoms with van der Waals surface area (Å²) in [5.74, 6) is 2.55. The monoisotopic (exact) mass is 663 g/mol. The van der Waals surface area contributed by atoms with Crippen LogP contribution in [0.5, 0.6) is 0 Å². The van der Waals surface area contributed by atoms with E-state index in [0.29, 0.717) is 81.1 Å². The predicted molar refractivity (Wildman–Crippen MR) is 190 cm³/mol. The molecule has 0 heterocycles. The molecule has 11 heteroatoms. The molecule has 0 saturated heterocycles. The van der Waals surface area contributed by atoms with Crippen molar-refractivity contribution in [1.82, 2.24) is 20.9 Å².